The van der Waals surface area contributed by atoms with Gasteiger partial charge in [0.25, 0.3) is 0 Å². The van der Waals surface area contributed by atoms with Crippen molar-refractivity contribution in [2.75, 3.05) is 11.0 Å². The van der Waals surface area contributed by atoms with Crippen LogP contribution < -0.4 is 0 Å². The van der Waals surface area contributed by atoms with E-state index >= 15 is 0 Å². The van der Waals surface area contributed by atoms with Gasteiger partial charge in [-0.2, -0.15) is 5.10 Å². The fraction of sp³-hybridized carbons (Fsp3) is 0.500. The fourth-order valence-electron chi connectivity index (χ4n) is 0.730. The molecule has 1 rings (SSSR count). The highest BCUT2D eigenvalue weighted by Crippen LogP contribution is 2.07. The second-order valence-corrected chi connectivity index (χ2v) is 3.30. The van der Waals surface area contributed by atoms with Crippen LogP contribution in [0.5, 0.6) is 0 Å². The van der Waals surface area contributed by atoms with Crippen LogP contribution in [0.25, 0.3) is 0 Å². The molecule has 0 atom stereocenters. The van der Waals surface area contributed by atoms with Crippen LogP contribution in [0.1, 0.15) is 0 Å². The van der Waals surface area contributed by atoms with Crippen molar-refractivity contribution >= 4 is 28.3 Å². The Morgan fingerprint density at radius 3 is 3.08 bits per heavy atom. The number of ether oxygens (including phenoxy) is 1. The molecule has 0 unspecified atom stereocenters. The largest absolute Gasteiger partial charge is 0.358 e. The molecule has 0 spiro atoms. The molecule has 1 aromatic heterocycles. The van der Waals surface area contributed by atoms with Crippen molar-refractivity contribution in [1.29, 1.82) is 0 Å². The molecule has 0 aliphatic carbocycles. The van der Waals surface area contributed by atoms with Crippen LogP contribution >= 0.6 is 22.6 Å². The average Bonchev–Trinajstić information content (AvgIpc) is 2.53. The predicted octanol–water partition coefficient (Wildman–Crippen LogP) is 1.20. The molecule has 0 bridgehead atoms. The second kappa shape index (κ2) is 5.12. The summed E-state index contributed by atoms with van der Waals surface area (Å²) >= 11 is 2.18. The van der Waals surface area contributed by atoms with Gasteiger partial charge in [-0.15, -0.1) is 0 Å². The Balaban J connectivity index is 2.44. The first-order valence-corrected chi connectivity index (χ1v) is 5.07. The molecule has 1 aromatic rings. The lowest BCUT2D eigenvalue weighted by Crippen LogP contribution is -2.04. The van der Waals surface area contributed by atoms with E-state index in [1.807, 2.05) is 0 Å². The van der Waals surface area contributed by atoms with Crippen LogP contribution in [0.2, 0.25) is 0 Å². The number of aromatic nitrogens is 2. The Kier molecular flexibility index (Phi) is 4.09. The van der Waals surface area contributed by atoms with E-state index in [1.54, 1.807) is 0 Å². The van der Waals surface area contributed by atoms with Gasteiger partial charge in [-0.25, -0.2) is 4.68 Å². The van der Waals surface area contributed by atoms with E-state index in [1.165, 1.54) is 17.1 Å². The van der Waals surface area contributed by atoms with Gasteiger partial charge in [-0.3, -0.25) is 10.1 Å². The summed E-state index contributed by atoms with van der Waals surface area (Å²) in [4.78, 5) is 9.77. The Bertz CT molecular complexity index is 288. The Labute approximate surface area is 88.2 Å². The SMILES string of the molecule is O=[N+]([O-])c1cnn(COCCI)c1. The molecule has 0 fully saturated rings. The molecule has 0 saturated heterocycles. The molecule has 6 nitrogen and oxygen atoms in total. The number of hydrogen-bond donors (Lipinski definition) is 0. The molecule has 0 amide bonds. The zero-order valence-corrected chi connectivity index (χ0v) is 8.88. The van der Waals surface area contributed by atoms with E-state index in [9.17, 15) is 10.1 Å². The summed E-state index contributed by atoms with van der Waals surface area (Å²) in [6.07, 6.45) is 2.54. The lowest BCUT2D eigenvalue weighted by molar-refractivity contribution is -0.385. The molecular weight excluding hydrogens is 289 g/mol. The lowest BCUT2D eigenvalue weighted by atomic mass is 10.6. The van der Waals surface area contributed by atoms with Crippen LogP contribution in [-0.4, -0.2) is 25.7 Å². The molecular formula is C6H8IN3O3. The first kappa shape index (κ1) is 10.4. The number of alkyl halides is 1. The second-order valence-electron chi connectivity index (χ2n) is 2.22. The molecule has 7 heteroatoms. The monoisotopic (exact) mass is 297 g/mol. The lowest BCUT2D eigenvalue weighted by Gasteiger charge is -1.99. The standard InChI is InChI=1S/C6H8IN3O3/c7-1-2-13-5-9-4-6(3-8-9)10(11)12/h3-4H,1-2,5H2. The normalized spacial score (nSPS) is 10.2. The van der Waals surface area contributed by atoms with Crippen molar-refractivity contribution < 1.29 is 9.66 Å². The Morgan fingerprint density at radius 2 is 2.54 bits per heavy atom. The highest BCUT2D eigenvalue weighted by Gasteiger charge is 2.07. The van der Waals surface area contributed by atoms with Crippen LogP contribution in [-0.2, 0) is 11.5 Å². The third-order valence-electron chi connectivity index (χ3n) is 1.28. The number of nitro groups is 1. The van der Waals surface area contributed by atoms with Crippen LogP contribution in [0.4, 0.5) is 5.69 Å². The molecule has 0 radical (unpaired) electrons. The van der Waals surface area contributed by atoms with E-state index in [2.05, 4.69) is 27.7 Å². The maximum absolute atomic E-state index is 10.3. The first-order chi connectivity index (χ1) is 6.24. The van der Waals surface area contributed by atoms with Crippen molar-refractivity contribution in [2.45, 2.75) is 6.73 Å². The third-order valence-corrected chi connectivity index (χ3v) is 1.72. The summed E-state index contributed by atoms with van der Waals surface area (Å²) in [5.74, 6) is 0. The number of hydrogen-bond acceptors (Lipinski definition) is 4. The minimum atomic E-state index is -0.484. The molecule has 1 heterocycles. The minimum absolute atomic E-state index is 0.0157. The van der Waals surface area contributed by atoms with Gasteiger partial charge in [-0.05, 0) is 0 Å². The highest BCUT2D eigenvalue weighted by molar-refractivity contribution is 14.1. The van der Waals surface area contributed by atoms with E-state index in [4.69, 9.17) is 4.74 Å². The molecule has 13 heavy (non-hydrogen) atoms. The molecule has 0 aliphatic rings. The van der Waals surface area contributed by atoms with Crippen molar-refractivity contribution in [1.82, 2.24) is 9.78 Å². The predicted molar refractivity (Wildman–Crippen MR) is 53.7 cm³/mol. The third kappa shape index (κ3) is 3.27. The van der Waals surface area contributed by atoms with Crippen molar-refractivity contribution in [3.05, 3.63) is 22.5 Å². The maximum Gasteiger partial charge on any atom is 0.307 e. The molecule has 0 aromatic carbocycles. The number of halogens is 1. The first-order valence-electron chi connectivity index (χ1n) is 3.54. The summed E-state index contributed by atoms with van der Waals surface area (Å²) in [5, 5.41) is 14.0. The van der Waals surface area contributed by atoms with Gasteiger partial charge in [0.15, 0.2) is 0 Å². The van der Waals surface area contributed by atoms with E-state index in [0.717, 1.165) is 4.43 Å². The van der Waals surface area contributed by atoms with Gasteiger partial charge in [0.05, 0.1) is 11.5 Å². The highest BCUT2D eigenvalue weighted by atomic mass is 127. The summed E-state index contributed by atoms with van der Waals surface area (Å²) in [5.41, 5.74) is -0.0157. The number of nitrogens with zero attached hydrogens (tertiary/aromatic N) is 3. The molecule has 0 aliphatic heterocycles. The molecule has 0 N–H and O–H groups in total. The summed E-state index contributed by atoms with van der Waals surface area (Å²) in [6, 6.07) is 0. The topological polar surface area (TPSA) is 70.2 Å². The Morgan fingerprint density at radius 1 is 1.77 bits per heavy atom. The fourth-order valence-corrected chi connectivity index (χ4v) is 1.04. The van der Waals surface area contributed by atoms with E-state index < -0.39 is 4.92 Å². The van der Waals surface area contributed by atoms with Crippen LogP contribution in [0, 0.1) is 10.1 Å². The summed E-state index contributed by atoms with van der Waals surface area (Å²) in [6.45, 7) is 0.880. The summed E-state index contributed by atoms with van der Waals surface area (Å²) < 4.78 is 7.42. The molecule has 72 valence electrons. The minimum Gasteiger partial charge on any atom is -0.358 e. The Hall–Kier alpha value is -0.700. The van der Waals surface area contributed by atoms with E-state index in [0.29, 0.717) is 6.61 Å². The zero-order chi connectivity index (χ0) is 9.68. The van der Waals surface area contributed by atoms with E-state index in [-0.39, 0.29) is 12.4 Å². The van der Waals surface area contributed by atoms with Crippen molar-refractivity contribution in [2.24, 2.45) is 0 Å². The van der Waals surface area contributed by atoms with Gasteiger partial charge < -0.3 is 4.74 Å². The smallest absolute Gasteiger partial charge is 0.307 e. The van der Waals surface area contributed by atoms with Gasteiger partial charge >= 0.3 is 5.69 Å². The van der Waals surface area contributed by atoms with Gasteiger partial charge in [0, 0.05) is 4.43 Å². The summed E-state index contributed by atoms with van der Waals surface area (Å²) in [7, 11) is 0. The van der Waals surface area contributed by atoms with Crippen molar-refractivity contribution in [3.63, 3.8) is 0 Å². The number of rotatable bonds is 5. The van der Waals surface area contributed by atoms with Gasteiger partial charge in [0.1, 0.15) is 19.1 Å². The quantitative estimate of drug-likeness (QED) is 0.269. The van der Waals surface area contributed by atoms with Gasteiger partial charge in [-0.1, -0.05) is 22.6 Å². The molecule has 0 saturated carbocycles. The van der Waals surface area contributed by atoms with Crippen molar-refractivity contribution in [3.8, 4) is 0 Å². The van der Waals surface area contributed by atoms with Crippen LogP contribution in [0.3, 0.4) is 0 Å². The average molecular weight is 297 g/mol. The zero-order valence-electron chi connectivity index (χ0n) is 6.72. The van der Waals surface area contributed by atoms with Gasteiger partial charge in [0.2, 0.25) is 0 Å². The van der Waals surface area contributed by atoms with Crippen LogP contribution in [0.15, 0.2) is 12.4 Å². The maximum atomic E-state index is 10.3.